The van der Waals surface area contributed by atoms with E-state index in [1.165, 1.54) is 0 Å². The zero-order valence-electron chi connectivity index (χ0n) is 17.0. The van der Waals surface area contributed by atoms with E-state index < -0.39 is 5.97 Å². The van der Waals surface area contributed by atoms with Crippen molar-refractivity contribution in [3.8, 4) is 11.5 Å². The monoisotopic (exact) mass is 414 g/mol. The number of esters is 1. The number of amides is 1. The van der Waals surface area contributed by atoms with Crippen molar-refractivity contribution in [3.63, 3.8) is 0 Å². The minimum Gasteiger partial charge on any atom is -0.452 e. The van der Waals surface area contributed by atoms with Gasteiger partial charge in [0.1, 0.15) is 5.52 Å². The van der Waals surface area contributed by atoms with E-state index >= 15 is 0 Å². The predicted octanol–water partition coefficient (Wildman–Crippen LogP) is 4.86. The van der Waals surface area contributed by atoms with Gasteiger partial charge in [0.05, 0.1) is 5.56 Å². The molecule has 156 valence electrons. The first kappa shape index (κ1) is 19.3. The normalized spacial score (nSPS) is 14.2. The van der Waals surface area contributed by atoms with Gasteiger partial charge in [0.15, 0.2) is 12.2 Å². The zero-order valence-corrected chi connectivity index (χ0v) is 17.0. The van der Waals surface area contributed by atoms with Gasteiger partial charge in [0.25, 0.3) is 5.91 Å². The Morgan fingerprint density at radius 1 is 1.00 bits per heavy atom. The predicted molar refractivity (Wildman–Crippen MR) is 118 cm³/mol. The van der Waals surface area contributed by atoms with Crippen LogP contribution in [0.25, 0.3) is 33.3 Å². The van der Waals surface area contributed by atoms with Gasteiger partial charge in [-0.1, -0.05) is 49.2 Å². The minimum atomic E-state index is -0.546. The average Bonchev–Trinajstić information content (AvgIpc) is 3.46. The van der Waals surface area contributed by atoms with E-state index in [-0.39, 0.29) is 18.6 Å². The van der Waals surface area contributed by atoms with Crippen molar-refractivity contribution >= 4 is 33.7 Å². The summed E-state index contributed by atoms with van der Waals surface area (Å²) in [6.45, 7) is -0.295. The first-order valence-electron chi connectivity index (χ1n) is 10.5. The van der Waals surface area contributed by atoms with Crippen LogP contribution in [0.3, 0.4) is 0 Å². The highest BCUT2D eigenvalue weighted by Crippen LogP contribution is 2.33. The lowest BCUT2D eigenvalue weighted by Gasteiger charge is -2.13. The standard InChI is InChI=1S/C25H22N2O4/c28-22(26-17-9-1-2-10-17)15-30-25(29)19-12-6-8-16-7-5-11-18(23(16)19)24-27-20-13-3-4-14-21(20)31-24/h3-8,11-14,17H,1-2,9-10,15H2,(H,26,28). The third-order valence-electron chi connectivity index (χ3n) is 5.70. The second kappa shape index (κ2) is 8.22. The summed E-state index contributed by atoms with van der Waals surface area (Å²) in [6, 6.07) is 18.8. The van der Waals surface area contributed by atoms with Crippen molar-refractivity contribution in [2.24, 2.45) is 0 Å². The van der Waals surface area contributed by atoms with Crippen LogP contribution in [0.1, 0.15) is 36.0 Å². The molecule has 1 aromatic heterocycles. The number of aromatic nitrogens is 1. The molecule has 3 aromatic carbocycles. The van der Waals surface area contributed by atoms with Crippen LogP contribution in [0.5, 0.6) is 0 Å². The molecular weight excluding hydrogens is 392 g/mol. The van der Waals surface area contributed by atoms with Gasteiger partial charge in [-0.3, -0.25) is 4.79 Å². The molecule has 1 fully saturated rings. The van der Waals surface area contributed by atoms with Crippen LogP contribution in [0.4, 0.5) is 0 Å². The number of para-hydroxylation sites is 2. The van der Waals surface area contributed by atoms with Crippen molar-refractivity contribution in [2.45, 2.75) is 31.7 Å². The highest BCUT2D eigenvalue weighted by Gasteiger charge is 2.21. The third-order valence-corrected chi connectivity index (χ3v) is 5.70. The molecule has 1 N–H and O–H groups in total. The maximum Gasteiger partial charge on any atom is 0.339 e. The fourth-order valence-corrected chi connectivity index (χ4v) is 4.23. The van der Waals surface area contributed by atoms with Gasteiger partial charge in [-0.15, -0.1) is 0 Å². The summed E-state index contributed by atoms with van der Waals surface area (Å²) >= 11 is 0. The lowest BCUT2D eigenvalue weighted by molar-refractivity contribution is -0.124. The Bertz CT molecular complexity index is 1230. The largest absolute Gasteiger partial charge is 0.452 e. The lowest BCUT2D eigenvalue weighted by Crippen LogP contribution is -2.35. The molecule has 0 atom stereocenters. The van der Waals surface area contributed by atoms with E-state index in [9.17, 15) is 9.59 Å². The van der Waals surface area contributed by atoms with Gasteiger partial charge in [0, 0.05) is 17.0 Å². The van der Waals surface area contributed by atoms with Gasteiger partial charge >= 0.3 is 5.97 Å². The Morgan fingerprint density at radius 3 is 2.58 bits per heavy atom. The number of carbonyl (C=O) groups excluding carboxylic acids is 2. The molecule has 0 aliphatic heterocycles. The maximum absolute atomic E-state index is 12.9. The number of hydrogen-bond donors (Lipinski definition) is 1. The molecule has 0 unspecified atom stereocenters. The number of ether oxygens (including phenoxy) is 1. The SMILES string of the molecule is O=C(COC(=O)c1cccc2cccc(-c3nc4ccccc4o3)c12)NC1CCCC1. The zero-order chi connectivity index (χ0) is 21.2. The van der Waals surface area contributed by atoms with E-state index in [0.717, 1.165) is 36.6 Å². The van der Waals surface area contributed by atoms with Crippen LogP contribution >= 0.6 is 0 Å². The Hall–Kier alpha value is -3.67. The molecule has 0 radical (unpaired) electrons. The van der Waals surface area contributed by atoms with Crippen LogP contribution in [-0.2, 0) is 9.53 Å². The summed E-state index contributed by atoms with van der Waals surface area (Å²) in [7, 11) is 0. The maximum atomic E-state index is 12.9. The van der Waals surface area contributed by atoms with Crippen LogP contribution in [0, 0.1) is 0 Å². The first-order chi connectivity index (χ1) is 15.2. The second-order valence-corrected chi connectivity index (χ2v) is 7.82. The number of benzene rings is 3. The lowest BCUT2D eigenvalue weighted by atomic mass is 9.99. The fraction of sp³-hybridized carbons (Fsp3) is 0.240. The summed E-state index contributed by atoms with van der Waals surface area (Å²) in [4.78, 5) is 29.7. The number of oxazole rings is 1. The molecule has 1 heterocycles. The number of hydrogen-bond acceptors (Lipinski definition) is 5. The molecule has 4 aromatic rings. The van der Waals surface area contributed by atoms with Gasteiger partial charge in [-0.05, 0) is 42.5 Å². The Kier molecular flexibility index (Phi) is 5.12. The number of carbonyl (C=O) groups is 2. The molecule has 1 saturated carbocycles. The highest BCUT2D eigenvalue weighted by atomic mass is 16.5. The molecule has 5 rings (SSSR count). The minimum absolute atomic E-state index is 0.189. The molecule has 0 spiro atoms. The van der Waals surface area contributed by atoms with Crippen molar-refractivity contribution in [3.05, 3.63) is 66.2 Å². The molecule has 1 aliphatic rings. The second-order valence-electron chi connectivity index (χ2n) is 7.82. The van der Waals surface area contributed by atoms with Gasteiger partial charge in [-0.2, -0.15) is 0 Å². The van der Waals surface area contributed by atoms with Crippen LogP contribution < -0.4 is 5.32 Å². The average molecular weight is 414 g/mol. The smallest absolute Gasteiger partial charge is 0.339 e. The van der Waals surface area contributed by atoms with Gasteiger partial charge in [-0.25, -0.2) is 9.78 Å². The van der Waals surface area contributed by atoms with E-state index in [1.807, 2.05) is 48.5 Å². The third kappa shape index (κ3) is 3.89. The molecule has 0 bridgehead atoms. The van der Waals surface area contributed by atoms with E-state index in [1.54, 1.807) is 12.1 Å². The highest BCUT2D eigenvalue weighted by molar-refractivity contribution is 6.10. The van der Waals surface area contributed by atoms with Crippen LogP contribution in [0.2, 0.25) is 0 Å². The number of nitrogens with one attached hydrogen (secondary N) is 1. The molecule has 6 heteroatoms. The molecule has 1 aliphatic carbocycles. The topological polar surface area (TPSA) is 81.4 Å². The summed E-state index contributed by atoms with van der Waals surface area (Å²) in [5.74, 6) is -0.374. The summed E-state index contributed by atoms with van der Waals surface area (Å²) in [6.07, 6.45) is 4.21. The van der Waals surface area contributed by atoms with Crippen molar-refractivity contribution in [1.82, 2.24) is 10.3 Å². The Labute approximate surface area is 179 Å². The number of fused-ring (bicyclic) bond motifs is 2. The molecule has 1 amide bonds. The van der Waals surface area contributed by atoms with Crippen LogP contribution in [0.15, 0.2) is 65.1 Å². The number of nitrogens with zero attached hydrogens (tertiary/aromatic N) is 1. The van der Waals surface area contributed by atoms with Gasteiger partial charge in [0.2, 0.25) is 5.89 Å². The van der Waals surface area contributed by atoms with E-state index in [4.69, 9.17) is 9.15 Å². The van der Waals surface area contributed by atoms with E-state index in [0.29, 0.717) is 28.0 Å². The number of rotatable bonds is 5. The summed E-state index contributed by atoms with van der Waals surface area (Å²) in [5, 5.41) is 4.49. The molecular formula is C25H22N2O4. The van der Waals surface area contributed by atoms with Crippen molar-refractivity contribution in [1.29, 1.82) is 0 Å². The van der Waals surface area contributed by atoms with E-state index in [2.05, 4.69) is 10.3 Å². The van der Waals surface area contributed by atoms with Crippen molar-refractivity contribution in [2.75, 3.05) is 6.61 Å². The Balaban J connectivity index is 1.44. The summed E-state index contributed by atoms with van der Waals surface area (Å²) < 4.78 is 11.3. The summed E-state index contributed by atoms with van der Waals surface area (Å²) in [5.41, 5.74) is 2.51. The Morgan fingerprint density at radius 2 is 1.77 bits per heavy atom. The quantitative estimate of drug-likeness (QED) is 0.472. The van der Waals surface area contributed by atoms with Gasteiger partial charge < -0.3 is 14.5 Å². The molecule has 0 saturated heterocycles. The van der Waals surface area contributed by atoms with Crippen LogP contribution in [-0.4, -0.2) is 29.5 Å². The molecule has 6 nitrogen and oxygen atoms in total. The first-order valence-corrected chi connectivity index (χ1v) is 10.5. The fourth-order valence-electron chi connectivity index (χ4n) is 4.23. The van der Waals surface area contributed by atoms with Crippen molar-refractivity contribution < 1.29 is 18.7 Å². The molecule has 31 heavy (non-hydrogen) atoms.